The number of rotatable bonds is 9. The van der Waals surface area contributed by atoms with Crippen molar-refractivity contribution in [2.24, 2.45) is 0 Å². The Hall–Kier alpha value is -3.12. The van der Waals surface area contributed by atoms with Gasteiger partial charge in [0.2, 0.25) is 0 Å². The Labute approximate surface area is 190 Å². The molecule has 0 bridgehead atoms. The molecule has 1 amide bonds. The number of aryl methyl sites for hydroxylation is 1. The highest BCUT2D eigenvalue weighted by atomic mass is 16.5. The normalized spacial score (nSPS) is 17.9. The zero-order valence-electron chi connectivity index (χ0n) is 19.3. The minimum atomic E-state index is -0.648. The predicted molar refractivity (Wildman–Crippen MR) is 126 cm³/mol. The molecular weight excluding hydrogens is 404 g/mol. The number of hydrogen-bond donors (Lipinski definition) is 1. The van der Waals surface area contributed by atoms with E-state index in [1.807, 2.05) is 57.1 Å². The minimum absolute atomic E-state index is 0.132. The van der Waals surface area contributed by atoms with E-state index in [1.165, 1.54) is 0 Å². The number of ether oxygens (including phenoxy) is 1. The fraction of sp³-hybridized carbons (Fsp3) is 0.385. The second-order valence-electron chi connectivity index (χ2n) is 8.44. The van der Waals surface area contributed by atoms with Gasteiger partial charge < -0.3 is 19.6 Å². The summed E-state index contributed by atoms with van der Waals surface area (Å²) < 4.78 is 5.61. The summed E-state index contributed by atoms with van der Waals surface area (Å²) in [6, 6.07) is 14.1. The number of ketones is 1. The molecule has 1 aliphatic rings. The van der Waals surface area contributed by atoms with Crippen molar-refractivity contribution in [3.8, 4) is 5.75 Å². The van der Waals surface area contributed by atoms with Gasteiger partial charge in [-0.2, -0.15) is 0 Å². The highest BCUT2D eigenvalue weighted by Crippen LogP contribution is 2.39. The third kappa shape index (κ3) is 5.19. The summed E-state index contributed by atoms with van der Waals surface area (Å²) in [7, 11) is 3.94. The van der Waals surface area contributed by atoms with E-state index in [0.717, 1.165) is 30.5 Å². The Balaban J connectivity index is 2.02. The third-order valence-corrected chi connectivity index (χ3v) is 5.50. The van der Waals surface area contributed by atoms with E-state index in [4.69, 9.17) is 4.74 Å². The first-order chi connectivity index (χ1) is 15.3. The van der Waals surface area contributed by atoms with Crippen molar-refractivity contribution in [3.63, 3.8) is 0 Å². The van der Waals surface area contributed by atoms with E-state index in [2.05, 4.69) is 0 Å². The van der Waals surface area contributed by atoms with Crippen LogP contribution in [0.1, 0.15) is 42.5 Å². The molecule has 6 heteroatoms. The van der Waals surface area contributed by atoms with Crippen LogP contribution in [-0.2, 0) is 9.59 Å². The Morgan fingerprint density at radius 1 is 1.12 bits per heavy atom. The minimum Gasteiger partial charge on any atom is -0.507 e. The van der Waals surface area contributed by atoms with Crippen LogP contribution in [0.2, 0.25) is 0 Å². The molecule has 1 heterocycles. The smallest absolute Gasteiger partial charge is 0.295 e. The first-order valence-corrected chi connectivity index (χ1v) is 11.1. The lowest BCUT2D eigenvalue weighted by atomic mass is 9.94. The molecular formula is C26H32N2O4. The average Bonchev–Trinajstić information content (AvgIpc) is 3.02. The van der Waals surface area contributed by atoms with Crippen LogP contribution in [0.5, 0.6) is 5.75 Å². The first kappa shape index (κ1) is 23.5. The molecule has 1 saturated heterocycles. The number of carbonyl (C=O) groups is 2. The lowest BCUT2D eigenvalue weighted by Gasteiger charge is -2.26. The number of aliphatic hydroxyl groups is 1. The van der Waals surface area contributed by atoms with Gasteiger partial charge in [-0.25, -0.2) is 0 Å². The molecule has 1 atom stereocenters. The largest absolute Gasteiger partial charge is 0.507 e. The predicted octanol–water partition coefficient (Wildman–Crippen LogP) is 4.16. The summed E-state index contributed by atoms with van der Waals surface area (Å²) in [5.74, 6) is -0.681. The van der Waals surface area contributed by atoms with Gasteiger partial charge in [-0.1, -0.05) is 36.8 Å². The molecule has 0 radical (unpaired) electrons. The van der Waals surface area contributed by atoms with E-state index in [1.54, 1.807) is 29.2 Å². The van der Waals surface area contributed by atoms with E-state index < -0.39 is 17.7 Å². The van der Waals surface area contributed by atoms with Gasteiger partial charge in [-0.15, -0.1) is 0 Å². The van der Waals surface area contributed by atoms with Crippen LogP contribution in [0.15, 0.2) is 54.1 Å². The molecule has 6 nitrogen and oxygen atoms in total. The number of amides is 1. The first-order valence-electron chi connectivity index (χ1n) is 11.1. The maximum Gasteiger partial charge on any atom is 0.295 e. The van der Waals surface area contributed by atoms with Crippen molar-refractivity contribution in [1.82, 2.24) is 9.80 Å². The summed E-state index contributed by atoms with van der Waals surface area (Å²) in [5, 5.41) is 11.1. The second kappa shape index (κ2) is 10.5. The van der Waals surface area contributed by atoms with E-state index >= 15 is 0 Å². The highest BCUT2D eigenvalue weighted by molar-refractivity contribution is 6.46. The molecule has 0 aliphatic carbocycles. The Kier molecular flexibility index (Phi) is 7.70. The van der Waals surface area contributed by atoms with Crippen LogP contribution in [0, 0.1) is 6.92 Å². The quantitative estimate of drug-likeness (QED) is 0.363. The lowest BCUT2D eigenvalue weighted by molar-refractivity contribution is -0.139. The second-order valence-corrected chi connectivity index (χ2v) is 8.44. The fourth-order valence-corrected chi connectivity index (χ4v) is 3.94. The SMILES string of the molecule is CCCOc1ccc(/C(O)=C2/C(=O)C(=O)N(CCCN(C)C)C2c2cccc(C)c2)cc1. The maximum atomic E-state index is 13.1. The number of aliphatic hydroxyl groups excluding tert-OH is 1. The summed E-state index contributed by atoms with van der Waals surface area (Å²) in [6.45, 7) is 5.83. The molecule has 0 saturated carbocycles. The monoisotopic (exact) mass is 436 g/mol. The Bertz CT molecular complexity index is 995. The van der Waals surface area contributed by atoms with Gasteiger partial charge in [0.25, 0.3) is 11.7 Å². The maximum absolute atomic E-state index is 13.1. The molecule has 0 spiro atoms. The summed E-state index contributed by atoms with van der Waals surface area (Å²) in [5.41, 5.74) is 2.46. The molecule has 1 aliphatic heterocycles. The topological polar surface area (TPSA) is 70.1 Å². The zero-order valence-corrected chi connectivity index (χ0v) is 19.3. The Morgan fingerprint density at radius 3 is 2.47 bits per heavy atom. The van der Waals surface area contributed by atoms with Crippen molar-refractivity contribution in [3.05, 3.63) is 70.8 Å². The van der Waals surface area contributed by atoms with Crippen LogP contribution in [-0.4, -0.2) is 60.4 Å². The highest BCUT2D eigenvalue weighted by Gasteiger charge is 2.45. The van der Waals surface area contributed by atoms with Gasteiger partial charge in [0.1, 0.15) is 11.5 Å². The van der Waals surface area contributed by atoms with Crippen molar-refractivity contribution in [2.75, 3.05) is 33.8 Å². The molecule has 1 N–H and O–H groups in total. The van der Waals surface area contributed by atoms with Crippen LogP contribution in [0.3, 0.4) is 0 Å². The summed E-state index contributed by atoms with van der Waals surface area (Å²) in [4.78, 5) is 29.7. The van der Waals surface area contributed by atoms with E-state index in [-0.39, 0.29) is 11.3 Å². The fourth-order valence-electron chi connectivity index (χ4n) is 3.94. The number of hydrogen-bond acceptors (Lipinski definition) is 5. The summed E-state index contributed by atoms with van der Waals surface area (Å²) in [6.07, 6.45) is 1.63. The molecule has 0 aromatic heterocycles. The molecule has 32 heavy (non-hydrogen) atoms. The van der Waals surface area contributed by atoms with Crippen LogP contribution < -0.4 is 4.74 Å². The van der Waals surface area contributed by atoms with Crippen molar-refractivity contribution in [1.29, 1.82) is 0 Å². The van der Waals surface area contributed by atoms with Crippen LogP contribution in [0.4, 0.5) is 0 Å². The van der Waals surface area contributed by atoms with Crippen LogP contribution >= 0.6 is 0 Å². The Morgan fingerprint density at radius 2 is 1.84 bits per heavy atom. The molecule has 1 unspecified atom stereocenters. The van der Waals surface area contributed by atoms with Gasteiger partial charge in [0.05, 0.1) is 18.2 Å². The number of nitrogens with zero attached hydrogens (tertiary/aromatic N) is 2. The number of carbonyl (C=O) groups excluding carboxylic acids is 2. The van der Waals surface area contributed by atoms with Gasteiger partial charge in [-0.3, -0.25) is 9.59 Å². The third-order valence-electron chi connectivity index (χ3n) is 5.50. The van der Waals surface area contributed by atoms with Crippen molar-refractivity contribution < 1.29 is 19.4 Å². The molecule has 2 aromatic rings. The number of likely N-dealkylation sites (tertiary alicyclic amines) is 1. The van der Waals surface area contributed by atoms with Crippen molar-refractivity contribution >= 4 is 17.4 Å². The average molecular weight is 437 g/mol. The summed E-state index contributed by atoms with van der Waals surface area (Å²) >= 11 is 0. The van der Waals surface area contributed by atoms with Crippen LogP contribution in [0.25, 0.3) is 5.76 Å². The molecule has 170 valence electrons. The van der Waals surface area contributed by atoms with Gasteiger partial charge in [0.15, 0.2) is 0 Å². The standard InChI is InChI=1S/C26H32N2O4/c1-5-16-32-21-12-10-19(11-13-21)24(29)22-23(20-9-6-8-18(2)17-20)28(26(31)25(22)30)15-7-14-27(3)4/h6,8-13,17,23,29H,5,7,14-16H2,1-4H3/b24-22-. The van der Waals surface area contributed by atoms with Gasteiger partial charge in [0, 0.05) is 12.1 Å². The van der Waals surface area contributed by atoms with Gasteiger partial charge >= 0.3 is 0 Å². The van der Waals surface area contributed by atoms with E-state index in [0.29, 0.717) is 24.5 Å². The number of benzene rings is 2. The lowest BCUT2D eigenvalue weighted by Crippen LogP contribution is -2.32. The molecule has 3 rings (SSSR count). The number of Topliss-reactive ketones (excluding diaryl/α,β-unsaturated/α-hetero) is 1. The van der Waals surface area contributed by atoms with Gasteiger partial charge in [-0.05, 0) is 70.2 Å². The zero-order chi connectivity index (χ0) is 23.3. The molecule has 2 aromatic carbocycles. The molecule has 1 fully saturated rings. The van der Waals surface area contributed by atoms with E-state index in [9.17, 15) is 14.7 Å². The van der Waals surface area contributed by atoms with Crippen molar-refractivity contribution in [2.45, 2.75) is 32.7 Å².